The van der Waals surface area contributed by atoms with Gasteiger partial charge >= 0.3 is 0 Å². The highest BCUT2D eigenvalue weighted by Crippen LogP contribution is 2.26. The average molecular weight is 261 g/mol. The number of ether oxygens (including phenoxy) is 2. The Morgan fingerprint density at radius 2 is 2.16 bits per heavy atom. The van der Waals surface area contributed by atoms with Gasteiger partial charge in [0.1, 0.15) is 12.4 Å². The molecule has 4 nitrogen and oxygen atoms in total. The number of ketones is 1. The normalized spacial score (nSPS) is 10.8. The minimum atomic E-state index is 0.0554. The van der Waals surface area contributed by atoms with E-state index in [-0.39, 0.29) is 12.4 Å². The molecule has 0 aliphatic heterocycles. The second-order valence-corrected chi connectivity index (χ2v) is 4.45. The number of carbonyl (C=O) groups is 1. The van der Waals surface area contributed by atoms with Gasteiger partial charge in [-0.3, -0.25) is 4.79 Å². The Balaban J connectivity index is 2.25. The van der Waals surface area contributed by atoms with Gasteiger partial charge in [-0.1, -0.05) is 13.0 Å². The van der Waals surface area contributed by atoms with Gasteiger partial charge in [-0.2, -0.15) is 0 Å². The van der Waals surface area contributed by atoms with E-state index in [1.165, 1.54) is 7.11 Å². The molecule has 0 fully saturated rings. The second-order valence-electron chi connectivity index (χ2n) is 4.45. The van der Waals surface area contributed by atoms with Crippen molar-refractivity contribution in [2.45, 2.75) is 19.9 Å². The van der Waals surface area contributed by atoms with Crippen molar-refractivity contribution >= 4 is 16.7 Å². The number of fused-ring (bicyclic) bond motifs is 1. The topological polar surface area (TPSA) is 40.5 Å². The van der Waals surface area contributed by atoms with Crippen LogP contribution in [0.1, 0.15) is 13.3 Å². The number of rotatable bonds is 7. The summed E-state index contributed by atoms with van der Waals surface area (Å²) in [5.74, 6) is 0.928. The van der Waals surface area contributed by atoms with E-state index in [0.29, 0.717) is 13.2 Å². The number of nitrogens with zero attached hydrogens (tertiary/aromatic N) is 1. The summed E-state index contributed by atoms with van der Waals surface area (Å²) in [6.07, 6.45) is 2.89. The van der Waals surface area contributed by atoms with Crippen LogP contribution in [0.15, 0.2) is 30.5 Å². The lowest BCUT2D eigenvalue weighted by Crippen LogP contribution is -2.14. The molecule has 4 heteroatoms. The third-order valence-electron chi connectivity index (χ3n) is 2.89. The molecule has 0 saturated carbocycles. The van der Waals surface area contributed by atoms with E-state index >= 15 is 0 Å². The summed E-state index contributed by atoms with van der Waals surface area (Å²) < 4.78 is 12.5. The van der Waals surface area contributed by atoms with E-state index < -0.39 is 0 Å². The monoisotopic (exact) mass is 261 g/mol. The molecule has 0 aliphatic carbocycles. The lowest BCUT2D eigenvalue weighted by Gasteiger charge is -2.08. The van der Waals surface area contributed by atoms with E-state index in [1.807, 2.05) is 35.0 Å². The van der Waals surface area contributed by atoms with Gasteiger partial charge in [0.05, 0.1) is 18.7 Å². The van der Waals surface area contributed by atoms with Crippen molar-refractivity contribution in [3.63, 3.8) is 0 Å². The maximum atomic E-state index is 11.6. The van der Waals surface area contributed by atoms with Crippen molar-refractivity contribution < 1.29 is 14.3 Å². The maximum Gasteiger partial charge on any atom is 0.178 e. The van der Waals surface area contributed by atoms with Crippen molar-refractivity contribution in [3.05, 3.63) is 30.5 Å². The molecule has 0 amide bonds. The third kappa shape index (κ3) is 3.15. The van der Waals surface area contributed by atoms with E-state index in [9.17, 15) is 4.79 Å². The van der Waals surface area contributed by atoms with Gasteiger partial charge in [-0.05, 0) is 24.6 Å². The van der Waals surface area contributed by atoms with Crippen LogP contribution in [0, 0.1) is 0 Å². The molecular weight excluding hydrogens is 242 g/mol. The number of Topliss-reactive ketones (excluding diaryl/α,β-unsaturated/α-hetero) is 1. The smallest absolute Gasteiger partial charge is 0.178 e. The molecule has 2 aromatic rings. The van der Waals surface area contributed by atoms with Gasteiger partial charge in [0.15, 0.2) is 5.78 Å². The number of aromatic nitrogens is 1. The van der Waals surface area contributed by atoms with Crippen LogP contribution in [0.2, 0.25) is 0 Å². The standard InChI is InChI=1S/C15H19NO3/c1-3-9-19-15-6-4-5-14-13(15)7-8-16(14)10-12(17)11-18-2/h4-8H,3,9-11H2,1-2H3. The van der Waals surface area contributed by atoms with Crippen molar-refractivity contribution in [3.8, 4) is 5.75 Å². The number of hydrogen-bond donors (Lipinski definition) is 0. The molecule has 0 bridgehead atoms. The maximum absolute atomic E-state index is 11.6. The first-order valence-electron chi connectivity index (χ1n) is 6.47. The van der Waals surface area contributed by atoms with Gasteiger partial charge in [0.25, 0.3) is 0 Å². The van der Waals surface area contributed by atoms with Crippen LogP contribution < -0.4 is 4.74 Å². The van der Waals surface area contributed by atoms with E-state index in [2.05, 4.69) is 6.92 Å². The van der Waals surface area contributed by atoms with E-state index in [0.717, 1.165) is 23.1 Å². The van der Waals surface area contributed by atoms with Gasteiger partial charge in [0, 0.05) is 18.7 Å². The Labute approximate surface area is 112 Å². The molecule has 1 aromatic heterocycles. The summed E-state index contributed by atoms with van der Waals surface area (Å²) in [5, 5.41) is 1.04. The summed E-state index contributed by atoms with van der Waals surface area (Å²) in [5.41, 5.74) is 1.01. The number of hydrogen-bond acceptors (Lipinski definition) is 3. The highest BCUT2D eigenvalue weighted by Gasteiger charge is 2.09. The summed E-state index contributed by atoms with van der Waals surface area (Å²) in [6, 6.07) is 7.89. The van der Waals surface area contributed by atoms with Crippen LogP contribution in [0.3, 0.4) is 0 Å². The molecule has 1 heterocycles. The van der Waals surface area contributed by atoms with E-state index in [1.54, 1.807) is 0 Å². The molecule has 0 N–H and O–H groups in total. The second kappa shape index (κ2) is 6.38. The van der Waals surface area contributed by atoms with Crippen LogP contribution in [-0.2, 0) is 16.1 Å². The molecule has 102 valence electrons. The fraction of sp³-hybridized carbons (Fsp3) is 0.400. The first-order chi connectivity index (χ1) is 9.26. The molecular formula is C15H19NO3. The summed E-state index contributed by atoms with van der Waals surface area (Å²) in [4.78, 5) is 11.6. The predicted octanol–water partition coefficient (Wildman–Crippen LogP) is 2.65. The van der Waals surface area contributed by atoms with E-state index in [4.69, 9.17) is 9.47 Å². The Morgan fingerprint density at radius 1 is 1.32 bits per heavy atom. The minimum absolute atomic E-state index is 0.0554. The molecule has 0 spiro atoms. The number of methoxy groups -OCH3 is 1. The highest BCUT2D eigenvalue weighted by molar-refractivity contribution is 5.88. The van der Waals surface area contributed by atoms with Crippen molar-refractivity contribution in [1.29, 1.82) is 0 Å². The lowest BCUT2D eigenvalue weighted by molar-refractivity contribution is -0.123. The minimum Gasteiger partial charge on any atom is -0.493 e. The van der Waals surface area contributed by atoms with Crippen molar-refractivity contribution in [2.24, 2.45) is 0 Å². The summed E-state index contributed by atoms with van der Waals surface area (Å²) in [7, 11) is 1.53. The fourth-order valence-corrected chi connectivity index (χ4v) is 2.07. The average Bonchev–Trinajstić information content (AvgIpc) is 2.80. The quantitative estimate of drug-likeness (QED) is 0.769. The predicted molar refractivity (Wildman–Crippen MR) is 74.6 cm³/mol. The summed E-state index contributed by atoms with van der Waals surface area (Å²) in [6.45, 7) is 3.25. The zero-order valence-electron chi connectivity index (χ0n) is 11.4. The Bertz CT molecular complexity index is 560. The lowest BCUT2D eigenvalue weighted by atomic mass is 10.2. The Kier molecular flexibility index (Phi) is 4.58. The SMILES string of the molecule is CCCOc1cccc2c1ccn2CC(=O)COC. The zero-order valence-corrected chi connectivity index (χ0v) is 11.4. The molecule has 0 unspecified atom stereocenters. The van der Waals surface area contributed by atoms with Crippen LogP contribution in [0.4, 0.5) is 0 Å². The van der Waals surface area contributed by atoms with Gasteiger partial charge in [0.2, 0.25) is 0 Å². The van der Waals surface area contributed by atoms with Gasteiger partial charge in [-0.15, -0.1) is 0 Å². The number of carbonyl (C=O) groups excluding carboxylic acids is 1. The Morgan fingerprint density at radius 3 is 2.89 bits per heavy atom. The van der Waals surface area contributed by atoms with Gasteiger partial charge < -0.3 is 14.0 Å². The number of benzene rings is 1. The largest absolute Gasteiger partial charge is 0.493 e. The fourth-order valence-electron chi connectivity index (χ4n) is 2.07. The Hall–Kier alpha value is -1.81. The molecule has 0 aliphatic rings. The van der Waals surface area contributed by atoms with Crippen molar-refractivity contribution in [1.82, 2.24) is 4.57 Å². The molecule has 1 aromatic carbocycles. The third-order valence-corrected chi connectivity index (χ3v) is 2.89. The molecule has 19 heavy (non-hydrogen) atoms. The zero-order chi connectivity index (χ0) is 13.7. The van der Waals surface area contributed by atoms with Crippen LogP contribution >= 0.6 is 0 Å². The van der Waals surface area contributed by atoms with Crippen molar-refractivity contribution in [2.75, 3.05) is 20.3 Å². The molecule has 0 radical (unpaired) electrons. The summed E-state index contributed by atoms with van der Waals surface area (Å²) >= 11 is 0. The van der Waals surface area contributed by atoms with Crippen LogP contribution in [0.25, 0.3) is 10.9 Å². The van der Waals surface area contributed by atoms with Gasteiger partial charge in [-0.25, -0.2) is 0 Å². The first kappa shape index (κ1) is 13.6. The molecule has 2 rings (SSSR count). The molecule has 0 saturated heterocycles. The highest BCUT2D eigenvalue weighted by atomic mass is 16.5. The van der Waals surface area contributed by atoms with Crippen LogP contribution in [0.5, 0.6) is 5.75 Å². The first-order valence-corrected chi connectivity index (χ1v) is 6.47. The molecule has 0 atom stereocenters. The van der Waals surface area contributed by atoms with Crippen LogP contribution in [-0.4, -0.2) is 30.7 Å².